The largest absolute Gasteiger partial charge is 0.399 e. The van der Waals surface area contributed by atoms with Crippen molar-refractivity contribution in [1.82, 2.24) is 0 Å². The highest BCUT2D eigenvalue weighted by Gasteiger charge is 2.31. The summed E-state index contributed by atoms with van der Waals surface area (Å²) >= 11 is 0. The predicted molar refractivity (Wildman–Crippen MR) is 72.7 cm³/mol. The van der Waals surface area contributed by atoms with Gasteiger partial charge in [0.15, 0.2) is 5.78 Å². The fourth-order valence-corrected chi connectivity index (χ4v) is 2.58. The van der Waals surface area contributed by atoms with Crippen molar-refractivity contribution < 1.29 is 9.53 Å². The van der Waals surface area contributed by atoms with Crippen LogP contribution in [0.5, 0.6) is 0 Å². The summed E-state index contributed by atoms with van der Waals surface area (Å²) in [6, 6.07) is 5.49. The number of rotatable bonds is 5. The molecular weight excluding hydrogens is 226 g/mol. The Labute approximate surface area is 108 Å². The highest BCUT2D eigenvalue weighted by Crippen LogP contribution is 2.33. The Morgan fingerprint density at radius 1 is 1.44 bits per heavy atom. The van der Waals surface area contributed by atoms with Crippen LogP contribution in [0.25, 0.3) is 0 Å². The topological polar surface area (TPSA) is 52.3 Å². The molecule has 98 valence electrons. The maximum absolute atomic E-state index is 12.2. The van der Waals surface area contributed by atoms with Crippen LogP contribution in [0.1, 0.15) is 42.1 Å². The summed E-state index contributed by atoms with van der Waals surface area (Å²) in [5.74, 6) is 0.721. The van der Waals surface area contributed by atoms with Crippen molar-refractivity contribution in [2.75, 3.05) is 12.3 Å². The first kappa shape index (κ1) is 13.1. The fraction of sp³-hybridized carbons (Fsp3) is 0.533. The minimum absolute atomic E-state index is 0.229. The second kappa shape index (κ2) is 5.53. The minimum Gasteiger partial charge on any atom is -0.399 e. The van der Waals surface area contributed by atoms with Gasteiger partial charge >= 0.3 is 0 Å². The molecule has 1 aliphatic rings. The molecule has 0 saturated heterocycles. The standard InChI is InChI=1S/C15H21NO2/c1-3-18-13-7-11(8-13)9-15(17)14-5-4-12(16)6-10(14)2/h4-6,11,13H,3,7-9,16H2,1-2H3. The molecule has 1 aliphatic carbocycles. The Balaban J connectivity index is 1.89. The van der Waals surface area contributed by atoms with Crippen molar-refractivity contribution >= 4 is 11.5 Å². The van der Waals surface area contributed by atoms with E-state index in [1.54, 1.807) is 6.07 Å². The summed E-state index contributed by atoms with van der Waals surface area (Å²) in [4.78, 5) is 12.2. The average molecular weight is 247 g/mol. The van der Waals surface area contributed by atoms with Gasteiger partial charge in [0.1, 0.15) is 0 Å². The Bertz CT molecular complexity index is 436. The maximum atomic E-state index is 12.2. The van der Waals surface area contributed by atoms with Crippen LogP contribution < -0.4 is 5.73 Å². The van der Waals surface area contributed by atoms with Crippen LogP contribution in [0.15, 0.2) is 18.2 Å². The molecule has 0 bridgehead atoms. The minimum atomic E-state index is 0.229. The number of benzene rings is 1. The van der Waals surface area contributed by atoms with Gasteiger partial charge in [0.25, 0.3) is 0 Å². The van der Waals surface area contributed by atoms with Crippen molar-refractivity contribution in [2.45, 2.75) is 39.2 Å². The molecule has 3 heteroatoms. The zero-order chi connectivity index (χ0) is 13.1. The number of hydrogen-bond acceptors (Lipinski definition) is 3. The van der Waals surface area contributed by atoms with Gasteiger partial charge in [-0.3, -0.25) is 4.79 Å². The second-order valence-corrected chi connectivity index (χ2v) is 5.12. The molecule has 1 saturated carbocycles. The highest BCUT2D eigenvalue weighted by atomic mass is 16.5. The first-order chi connectivity index (χ1) is 8.60. The number of hydrogen-bond donors (Lipinski definition) is 1. The van der Waals surface area contributed by atoms with Crippen molar-refractivity contribution in [3.8, 4) is 0 Å². The van der Waals surface area contributed by atoms with Gasteiger partial charge in [-0.25, -0.2) is 0 Å². The van der Waals surface area contributed by atoms with E-state index >= 15 is 0 Å². The number of nitrogens with two attached hydrogens (primary N) is 1. The van der Waals surface area contributed by atoms with Crippen molar-refractivity contribution in [2.24, 2.45) is 5.92 Å². The zero-order valence-electron chi connectivity index (χ0n) is 11.1. The number of carbonyl (C=O) groups is 1. The van der Waals surface area contributed by atoms with Gasteiger partial charge in [-0.05, 0) is 56.4 Å². The van der Waals surface area contributed by atoms with E-state index in [0.29, 0.717) is 24.1 Å². The molecule has 3 nitrogen and oxygen atoms in total. The maximum Gasteiger partial charge on any atom is 0.163 e. The third-order valence-corrected chi connectivity index (χ3v) is 3.62. The van der Waals surface area contributed by atoms with Crippen LogP contribution in [0.2, 0.25) is 0 Å². The zero-order valence-corrected chi connectivity index (χ0v) is 11.1. The number of aryl methyl sites for hydroxylation is 1. The molecule has 2 rings (SSSR count). The van der Waals surface area contributed by atoms with E-state index < -0.39 is 0 Å². The summed E-state index contributed by atoms with van der Waals surface area (Å²) in [6.45, 7) is 4.71. The van der Waals surface area contributed by atoms with Gasteiger partial charge in [-0.1, -0.05) is 0 Å². The summed E-state index contributed by atoms with van der Waals surface area (Å²) in [5.41, 5.74) is 8.18. The number of anilines is 1. The third kappa shape index (κ3) is 2.91. The molecule has 0 spiro atoms. The Kier molecular flexibility index (Phi) is 4.02. The lowest BCUT2D eigenvalue weighted by Crippen LogP contribution is -2.32. The van der Waals surface area contributed by atoms with Gasteiger partial charge in [-0.2, -0.15) is 0 Å². The number of carbonyl (C=O) groups excluding carboxylic acids is 1. The first-order valence-electron chi connectivity index (χ1n) is 6.61. The molecule has 1 fully saturated rings. The van der Waals surface area contributed by atoms with Crippen LogP contribution in [0.3, 0.4) is 0 Å². The van der Waals surface area contributed by atoms with Crippen molar-refractivity contribution in [3.63, 3.8) is 0 Å². The monoisotopic (exact) mass is 247 g/mol. The van der Waals surface area contributed by atoms with Crippen LogP contribution in [0.4, 0.5) is 5.69 Å². The van der Waals surface area contributed by atoms with Gasteiger partial charge < -0.3 is 10.5 Å². The normalized spacial score (nSPS) is 22.6. The number of Topliss-reactive ketones (excluding diaryl/α,β-unsaturated/α-hetero) is 1. The molecule has 0 radical (unpaired) electrons. The fourth-order valence-electron chi connectivity index (χ4n) is 2.58. The SMILES string of the molecule is CCOC1CC(CC(=O)c2ccc(N)cc2C)C1. The van der Waals surface area contributed by atoms with Gasteiger partial charge in [-0.15, -0.1) is 0 Å². The number of nitrogen functional groups attached to an aromatic ring is 1. The summed E-state index contributed by atoms with van der Waals surface area (Å²) in [6.07, 6.45) is 3.05. The van der Waals surface area contributed by atoms with E-state index in [4.69, 9.17) is 10.5 Å². The molecule has 0 amide bonds. The van der Waals surface area contributed by atoms with Crippen LogP contribution in [0, 0.1) is 12.8 Å². The van der Waals surface area contributed by atoms with Crippen molar-refractivity contribution in [1.29, 1.82) is 0 Å². The van der Waals surface area contributed by atoms with E-state index in [1.807, 2.05) is 26.0 Å². The highest BCUT2D eigenvalue weighted by molar-refractivity contribution is 5.97. The van der Waals surface area contributed by atoms with E-state index in [2.05, 4.69) is 0 Å². The van der Waals surface area contributed by atoms with Crippen LogP contribution >= 0.6 is 0 Å². The van der Waals surface area contributed by atoms with Crippen LogP contribution in [-0.2, 0) is 4.74 Å². The predicted octanol–water partition coefficient (Wildman–Crippen LogP) is 2.97. The Hall–Kier alpha value is -1.35. The molecule has 1 aromatic carbocycles. The molecule has 0 aliphatic heterocycles. The quantitative estimate of drug-likeness (QED) is 0.643. The van der Waals surface area contributed by atoms with Gasteiger partial charge in [0.05, 0.1) is 6.10 Å². The van der Waals surface area contributed by atoms with E-state index in [-0.39, 0.29) is 5.78 Å². The van der Waals surface area contributed by atoms with Crippen molar-refractivity contribution in [3.05, 3.63) is 29.3 Å². The van der Waals surface area contributed by atoms with E-state index in [0.717, 1.165) is 30.6 Å². The lowest BCUT2D eigenvalue weighted by atomic mass is 9.78. The molecule has 0 heterocycles. The smallest absolute Gasteiger partial charge is 0.163 e. The summed E-state index contributed by atoms with van der Waals surface area (Å²) in [7, 11) is 0. The van der Waals surface area contributed by atoms with E-state index in [9.17, 15) is 4.79 Å². The lowest BCUT2D eigenvalue weighted by Gasteiger charge is -2.34. The number of ether oxygens (including phenoxy) is 1. The molecular formula is C15H21NO2. The summed E-state index contributed by atoms with van der Waals surface area (Å²) in [5, 5.41) is 0. The first-order valence-corrected chi connectivity index (χ1v) is 6.61. The Morgan fingerprint density at radius 2 is 2.17 bits per heavy atom. The molecule has 0 aromatic heterocycles. The molecule has 0 unspecified atom stereocenters. The lowest BCUT2D eigenvalue weighted by molar-refractivity contribution is -0.0246. The summed E-state index contributed by atoms with van der Waals surface area (Å²) < 4.78 is 5.51. The average Bonchev–Trinajstić information content (AvgIpc) is 2.26. The molecule has 1 aromatic rings. The van der Waals surface area contributed by atoms with Gasteiger partial charge in [0.2, 0.25) is 0 Å². The molecule has 18 heavy (non-hydrogen) atoms. The molecule has 0 atom stereocenters. The van der Waals surface area contributed by atoms with Gasteiger partial charge in [0, 0.05) is 24.3 Å². The Morgan fingerprint density at radius 3 is 2.78 bits per heavy atom. The number of ketones is 1. The molecule has 2 N–H and O–H groups in total. The van der Waals surface area contributed by atoms with E-state index in [1.165, 1.54) is 0 Å². The second-order valence-electron chi connectivity index (χ2n) is 5.12. The third-order valence-electron chi connectivity index (χ3n) is 3.62. The van der Waals surface area contributed by atoms with Crippen LogP contribution in [-0.4, -0.2) is 18.5 Å².